The molecule has 0 amide bonds. The highest BCUT2D eigenvalue weighted by Gasteiger charge is 2.16. The first-order valence-corrected chi connectivity index (χ1v) is 5.85. The van der Waals surface area contributed by atoms with Crippen LogP contribution in [0.1, 0.15) is 44.8 Å². The zero-order valence-corrected chi connectivity index (χ0v) is 10.3. The summed E-state index contributed by atoms with van der Waals surface area (Å²) in [5.41, 5.74) is 0.855. The Kier molecular flexibility index (Phi) is 4.69. The van der Waals surface area contributed by atoms with Crippen molar-refractivity contribution in [2.75, 3.05) is 0 Å². The highest BCUT2D eigenvalue weighted by atomic mass is 79.9. The minimum absolute atomic E-state index is 0.412. The average Bonchev–Trinajstić information content (AvgIpc) is 2.51. The summed E-state index contributed by atoms with van der Waals surface area (Å²) < 4.78 is 5.73. The van der Waals surface area contributed by atoms with Crippen molar-refractivity contribution in [1.29, 1.82) is 0 Å². The number of aliphatic hydroxyl groups excluding tert-OH is 1. The Labute approximate surface area is 93.4 Å². The molecule has 1 aromatic heterocycles. The van der Waals surface area contributed by atoms with Gasteiger partial charge >= 0.3 is 0 Å². The summed E-state index contributed by atoms with van der Waals surface area (Å²) >= 11 is 3.27. The van der Waals surface area contributed by atoms with Gasteiger partial charge in [0.2, 0.25) is 0 Å². The van der Waals surface area contributed by atoms with Gasteiger partial charge in [0.1, 0.15) is 0 Å². The zero-order chi connectivity index (χ0) is 10.6. The predicted molar refractivity (Wildman–Crippen MR) is 60.1 cm³/mol. The maximum absolute atomic E-state index is 9.90. The minimum Gasteiger partial charge on any atom is -0.457 e. The number of halogens is 1. The van der Waals surface area contributed by atoms with E-state index in [2.05, 4.69) is 29.8 Å². The summed E-state index contributed by atoms with van der Waals surface area (Å²) in [5, 5.41) is 9.90. The lowest BCUT2D eigenvalue weighted by Crippen LogP contribution is -2.03. The van der Waals surface area contributed by atoms with E-state index in [1.54, 1.807) is 6.26 Å². The fourth-order valence-corrected chi connectivity index (χ4v) is 2.17. The second-order valence-corrected chi connectivity index (χ2v) is 4.52. The van der Waals surface area contributed by atoms with Crippen molar-refractivity contribution in [3.8, 4) is 0 Å². The van der Waals surface area contributed by atoms with Gasteiger partial charge in [0.15, 0.2) is 4.67 Å². The summed E-state index contributed by atoms with van der Waals surface area (Å²) in [7, 11) is 0. The lowest BCUT2D eigenvalue weighted by molar-refractivity contribution is 0.143. The molecule has 0 aromatic carbocycles. The SMILES string of the molecule is CCCC(C)CC(O)c1ccoc1Br. The monoisotopic (exact) mass is 260 g/mol. The van der Waals surface area contributed by atoms with Crippen LogP contribution in [0.15, 0.2) is 21.4 Å². The molecule has 3 heteroatoms. The average molecular weight is 261 g/mol. The Morgan fingerprint density at radius 3 is 2.79 bits per heavy atom. The van der Waals surface area contributed by atoms with Crippen molar-refractivity contribution >= 4 is 15.9 Å². The summed E-state index contributed by atoms with van der Waals surface area (Å²) in [5.74, 6) is 0.553. The molecule has 0 saturated carbocycles. The molecule has 1 N–H and O–H groups in total. The van der Waals surface area contributed by atoms with E-state index in [9.17, 15) is 5.11 Å². The first-order valence-electron chi connectivity index (χ1n) is 5.06. The Morgan fingerprint density at radius 2 is 2.29 bits per heavy atom. The molecule has 2 unspecified atom stereocenters. The van der Waals surface area contributed by atoms with Crippen LogP contribution in [0.3, 0.4) is 0 Å². The third kappa shape index (κ3) is 3.14. The highest BCUT2D eigenvalue weighted by molar-refractivity contribution is 9.10. The molecule has 80 valence electrons. The Balaban J connectivity index is 2.50. The first kappa shape index (κ1) is 11.8. The normalized spacial score (nSPS) is 15.4. The van der Waals surface area contributed by atoms with Crippen molar-refractivity contribution in [3.63, 3.8) is 0 Å². The van der Waals surface area contributed by atoms with Crippen molar-refractivity contribution in [3.05, 3.63) is 22.6 Å². The minimum atomic E-state index is -0.412. The van der Waals surface area contributed by atoms with Gasteiger partial charge in [0, 0.05) is 5.56 Å². The summed E-state index contributed by atoms with van der Waals surface area (Å²) in [4.78, 5) is 0. The number of rotatable bonds is 5. The summed E-state index contributed by atoms with van der Waals surface area (Å²) in [6, 6.07) is 1.81. The maximum Gasteiger partial charge on any atom is 0.174 e. The number of hydrogen-bond acceptors (Lipinski definition) is 2. The first-order chi connectivity index (χ1) is 6.65. The molecule has 14 heavy (non-hydrogen) atoms. The summed E-state index contributed by atoms with van der Waals surface area (Å²) in [6.45, 7) is 4.33. The topological polar surface area (TPSA) is 33.4 Å². The van der Waals surface area contributed by atoms with Crippen LogP contribution < -0.4 is 0 Å². The van der Waals surface area contributed by atoms with E-state index < -0.39 is 6.10 Å². The van der Waals surface area contributed by atoms with E-state index in [-0.39, 0.29) is 0 Å². The van der Waals surface area contributed by atoms with E-state index in [4.69, 9.17) is 4.42 Å². The standard InChI is InChI=1S/C11H17BrO2/c1-3-4-8(2)7-10(13)9-5-6-14-11(9)12/h5-6,8,10,13H,3-4,7H2,1-2H3. The molecule has 2 nitrogen and oxygen atoms in total. The van der Waals surface area contributed by atoms with Gasteiger partial charge in [-0.2, -0.15) is 0 Å². The molecule has 0 radical (unpaired) electrons. The van der Waals surface area contributed by atoms with Crippen LogP contribution in [0.25, 0.3) is 0 Å². The van der Waals surface area contributed by atoms with Crippen LogP contribution in [-0.4, -0.2) is 5.11 Å². The van der Waals surface area contributed by atoms with Crippen LogP contribution in [0, 0.1) is 5.92 Å². The Hall–Kier alpha value is -0.280. The van der Waals surface area contributed by atoms with Crippen LogP contribution in [0.5, 0.6) is 0 Å². The molecular weight excluding hydrogens is 244 g/mol. The second kappa shape index (κ2) is 5.56. The quantitative estimate of drug-likeness (QED) is 0.871. The molecule has 0 saturated heterocycles. The highest BCUT2D eigenvalue weighted by Crippen LogP contribution is 2.29. The van der Waals surface area contributed by atoms with E-state index in [1.807, 2.05) is 6.07 Å². The van der Waals surface area contributed by atoms with Gasteiger partial charge in [0.25, 0.3) is 0 Å². The summed E-state index contributed by atoms with van der Waals surface area (Å²) in [6.07, 6.45) is 4.30. The van der Waals surface area contributed by atoms with Crippen LogP contribution in [-0.2, 0) is 0 Å². The van der Waals surface area contributed by atoms with Crippen LogP contribution >= 0.6 is 15.9 Å². The smallest absolute Gasteiger partial charge is 0.174 e. The van der Waals surface area contributed by atoms with Crippen molar-refractivity contribution in [1.82, 2.24) is 0 Å². The lowest BCUT2D eigenvalue weighted by Gasteiger charge is -2.14. The molecule has 1 heterocycles. The number of furan rings is 1. The molecular formula is C11H17BrO2. The van der Waals surface area contributed by atoms with E-state index in [1.165, 1.54) is 6.42 Å². The fraction of sp³-hybridized carbons (Fsp3) is 0.636. The zero-order valence-electron chi connectivity index (χ0n) is 8.66. The van der Waals surface area contributed by atoms with Crippen LogP contribution in [0.2, 0.25) is 0 Å². The molecule has 0 spiro atoms. The Morgan fingerprint density at radius 1 is 1.57 bits per heavy atom. The van der Waals surface area contributed by atoms with Crippen molar-refractivity contribution in [2.45, 2.75) is 39.2 Å². The van der Waals surface area contributed by atoms with E-state index >= 15 is 0 Å². The molecule has 2 atom stereocenters. The number of aliphatic hydroxyl groups is 1. The van der Waals surface area contributed by atoms with Crippen molar-refractivity contribution in [2.24, 2.45) is 5.92 Å². The van der Waals surface area contributed by atoms with Gasteiger partial charge in [-0.1, -0.05) is 26.7 Å². The number of hydrogen-bond donors (Lipinski definition) is 1. The van der Waals surface area contributed by atoms with E-state index in [0.29, 0.717) is 10.6 Å². The lowest BCUT2D eigenvalue weighted by atomic mass is 9.96. The second-order valence-electron chi connectivity index (χ2n) is 3.79. The molecule has 0 aliphatic rings. The molecule has 0 aliphatic carbocycles. The Bertz CT molecular complexity index is 270. The van der Waals surface area contributed by atoms with Gasteiger partial charge < -0.3 is 9.52 Å². The molecule has 0 fully saturated rings. The van der Waals surface area contributed by atoms with Gasteiger partial charge in [-0.25, -0.2) is 0 Å². The van der Waals surface area contributed by atoms with Gasteiger partial charge in [-0.3, -0.25) is 0 Å². The largest absolute Gasteiger partial charge is 0.457 e. The maximum atomic E-state index is 9.90. The van der Waals surface area contributed by atoms with Crippen LogP contribution in [0.4, 0.5) is 0 Å². The van der Waals surface area contributed by atoms with Gasteiger partial charge in [0.05, 0.1) is 12.4 Å². The third-order valence-electron chi connectivity index (χ3n) is 2.41. The van der Waals surface area contributed by atoms with Gasteiger partial charge in [-0.15, -0.1) is 0 Å². The molecule has 1 rings (SSSR count). The van der Waals surface area contributed by atoms with E-state index in [0.717, 1.165) is 18.4 Å². The molecule has 0 bridgehead atoms. The molecule has 0 aliphatic heterocycles. The predicted octanol–water partition coefficient (Wildman–Crippen LogP) is 3.90. The van der Waals surface area contributed by atoms with Gasteiger partial charge in [-0.05, 0) is 34.3 Å². The third-order valence-corrected chi connectivity index (χ3v) is 3.06. The molecule has 1 aromatic rings. The fourth-order valence-electron chi connectivity index (χ4n) is 1.66. The van der Waals surface area contributed by atoms with Crippen molar-refractivity contribution < 1.29 is 9.52 Å².